The van der Waals surface area contributed by atoms with Crippen LogP contribution in [0.5, 0.6) is 0 Å². The molecular weight excluding hydrogens is 365 g/mol. The first-order chi connectivity index (χ1) is 14.1. The summed E-state index contributed by atoms with van der Waals surface area (Å²) >= 11 is 0. The number of rotatable bonds is 6. The molecule has 0 aliphatic heterocycles. The summed E-state index contributed by atoms with van der Waals surface area (Å²) in [6, 6.07) is 16.8. The lowest BCUT2D eigenvalue weighted by Gasteiger charge is -2.32. The molecule has 1 amide bonds. The highest BCUT2D eigenvalue weighted by molar-refractivity contribution is 5.98. The molecule has 5 rings (SSSR count). The van der Waals surface area contributed by atoms with Gasteiger partial charge in [0.1, 0.15) is 11.5 Å². The topological polar surface area (TPSA) is 48.1 Å². The van der Waals surface area contributed by atoms with Crippen LogP contribution < -0.4 is 5.32 Å². The molecule has 3 aromatic rings. The van der Waals surface area contributed by atoms with Crippen molar-refractivity contribution < 1.29 is 9.18 Å². The van der Waals surface area contributed by atoms with Crippen molar-refractivity contribution in [2.45, 2.75) is 50.2 Å². The van der Waals surface area contributed by atoms with Crippen molar-refractivity contribution in [1.82, 2.24) is 15.2 Å². The average molecular weight is 391 g/mol. The number of H-pyrrole nitrogens is 1. The summed E-state index contributed by atoms with van der Waals surface area (Å²) in [7, 11) is 0. The van der Waals surface area contributed by atoms with E-state index in [9.17, 15) is 9.18 Å². The average Bonchev–Trinajstić information content (AvgIpc) is 3.02. The van der Waals surface area contributed by atoms with Crippen LogP contribution in [0.25, 0.3) is 10.9 Å². The van der Waals surface area contributed by atoms with E-state index in [1.54, 1.807) is 12.1 Å². The van der Waals surface area contributed by atoms with Crippen molar-refractivity contribution in [3.8, 4) is 0 Å². The zero-order valence-corrected chi connectivity index (χ0v) is 16.7. The van der Waals surface area contributed by atoms with Crippen LogP contribution in [0.3, 0.4) is 0 Å². The predicted molar refractivity (Wildman–Crippen MR) is 112 cm³/mol. The molecule has 2 saturated carbocycles. The van der Waals surface area contributed by atoms with Gasteiger partial charge >= 0.3 is 0 Å². The molecular formula is C24H26FN3O. The lowest BCUT2D eigenvalue weighted by atomic mass is 10.1. The summed E-state index contributed by atoms with van der Waals surface area (Å²) in [6.07, 6.45) is 4.26. The fraction of sp³-hybridized carbons (Fsp3) is 0.375. The van der Waals surface area contributed by atoms with Crippen molar-refractivity contribution in [3.63, 3.8) is 0 Å². The molecule has 150 valence electrons. The number of hydrogen-bond acceptors (Lipinski definition) is 2. The Labute approximate surface area is 170 Å². The first-order valence-corrected chi connectivity index (χ1v) is 10.5. The largest absolute Gasteiger partial charge is 0.351 e. The Hall–Kier alpha value is -2.66. The first kappa shape index (κ1) is 18.4. The van der Waals surface area contributed by atoms with E-state index in [4.69, 9.17) is 0 Å². The molecule has 2 aromatic carbocycles. The van der Waals surface area contributed by atoms with Gasteiger partial charge in [-0.1, -0.05) is 30.3 Å². The van der Waals surface area contributed by atoms with Gasteiger partial charge < -0.3 is 15.2 Å². The van der Waals surface area contributed by atoms with E-state index in [0.717, 1.165) is 43.1 Å². The monoisotopic (exact) mass is 391 g/mol. The number of aromatic nitrogens is 1. The fourth-order valence-corrected chi connectivity index (χ4v) is 5.46. The fourth-order valence-electron chi connectivity index (χ4n) is 5.46. The van der Waals surface area contributed by atoms with Crippen LogP contribution in [0.4, 0.5) is 4.39 Å². The number of nitrogens with zero attached hydrogens (tertiary/aromatic N) is 1. The van der Waals surface area contributed by atoms with Crippen molar-refractivity contribution in [2.24, 2.45) is 0 Å². The molecule has 0 radical (unpaired) electrons. The van der Waals surface area contributed by atoms with Crippen LogP contribution in [0.1, 0.15) is 48.7 Å². The third kappa shape index (κ3) is 2.87. The third-order valence-electron chi connectivity index (χ3n) is 6.92. The number of aromatic amines is 1. The summed E-state index contributed by atoms with van der Waals surface area (Å²) in [4.78, 5) is 18.7. The maximum absolute atomic E-state index is 13.5. The van der Waals surface area contributed by atoms with Crippen LogP contribution in [0.15, 0.2) is 54.6 Å². The maximum atomic E-state index is 13.5. The van der Waals surface area contributed by atoms with Gasteiger partial charge in [-0.2, -0.15) is 0 Å². The van der Waals surface area contributed by atoms with Crippen LogP contribution >= 0.6 is 0 Å². The van der Waals surface area contributed by atoms with Crippen molar-refractivity contribution >= 4 is 16.8 Å². The van der Waals surface area contributed by atoms with Crippen LogP contribution in [0.2, 0.25) is 0 Å². The number of carbonyl (C=O) groups excluding carboxylic acids is 1. The molecule has 2 atom stereocenters. The molecule has 2 aliphatic rings. The summed E-state index contributed by atoms with van der Waals surface area (Å²) in [5.74, 6) is -0.280. The number of amides is 1. The normalized spacial score (nSPS) is 25.2. The Kier molecular flexibility index (Phi) is 4.24. The zero-order chi connectivity index (χ0) is 20.1. The van der Waals surface area contributed by atoms with Crippen molar-refractivity contribution in [2.75, 3.05) is 6.54 Å². The Bertz CT molecular complexity index is 1060. The molecule has 2 aliphatic carbocycles. The van der Waals surface area contributed by atoms with E-state index in [0.29, 0.717) is 12.2 Å². The van der Waals surface area contributed by atoms with Gasteiger partial charge in [0.2, 0.25) is 0 Å². The van der Waals surface area contributed by atoms with Crippen LogP contribution in [-0.4, -0.2) is 33.4 Å². The maximum Gasteiger partial charge on any atom is 0.270 e. The van der Waals surface area contributed by atoms with Gasteiger partial charge in [0.05, 0.1) is 5.54 Å². The van der Waals surface area contributed by atoms with Gasteiger partial charge in [0.15, 0.2) is 0 Å². The smallest absolute Gasteiger partial charge is 0.270 e. The van der Waals surface area contributed by atoms with Crippen molar-refractivity contribution in [3.05, 3.63) is 71.7 Å². The molecule has 1 heterocycles. The van der Waals surface area contributed by atoms with Crippen LogP contribution in [-0.2, 0) is 6.54 Å². The number of fused-ring (bicyclic) bond motifs is 2. The number of benzene rings is 2. The highest BCUT2D eigenvalue weighted by atomic mass is 19.1. The molecule has 0 spiro atoms. The third-order valence-corrected chi connectivity index (χ3v) is 6.92. The number of nitrogens with one attached hydrogen (secondary N) is 2. The quantitative estimate of drug-likeness (QED) is 0.644. The molecule has 2 N–H and O–H groups in total. The van der Waals surface area contributed by atoms with Gasteiger partial charge in [-0.15, -0.1) is 0 Å². The Morgan fingerprint density at radius 3 is 2.79 bits per heavy atom. The molecule has 0 unspecified atom stereocenters. The lowest BCUT2D eigenvalue weighted by molar-refractivity contribution is 0.0631. The minimum atomic E-state index is -0.288. The Balaban J connectivity index is 1.39. The Morgan fingerprint density at radius 2 is 2.00 bits per heavy atom. The highest BCUT2D eigenvalue weighted by Crippen LogP contribution is 2.63. The van der Waals surface area contributed by atoms with E-state index >= 15 is 0 Å². The summed E-state index contributed by atoms with van der Waals surface area (Å²) < 4.78 is 13.5. The minimum absolute atomic E-state index is 0.00658. The van der Waals surface area contributed by atoms with E-state index in [2.05, 4.69) is 34.6 Å². The second-order valence-corrected chi connectivity index (χ2v) is 8.45. The van der Waals surface area contributed by atoms with Gasteiger partial charge in [-0.3, -0.25) is 4.79 Å². The molecule has 29 heavy (non-hydrogen) atoms. The molecule has 5 heteroatoms. The molecule has 2 fully saturated rings. The van der Waals surface area contributed by atoms with Gasteiger partial charge in [-0.25, -0.2) is 4.39 Å². The molecule has 1 aromatic heterocycles. The summed E-state index contributed by atoms with van der Waals surface area (Å²) in [5.41, 5.74) is 2.49. The standard InChI is InChI=1S/C24H26FN3O/c1-2-28(22(29)21-14-18-13-19(25)9-10-20(18)27-21)24-12-6-11-23(24,16-24)26-15-17-7-4-3-5-8-17/h3-5,7-10,13-14,26-27H,2,6,11-12,15-16H2,1H3/t23-,24-/m0/s1. The van der Waals surface area contributed by atoms with Gasteiger partial charge in [0, 0.05) is 29.5 Å². The minimum Gasteiger partial charge on any atom is -0.351 e. The summed E-state index contributed by atoms with van der Waals surface area (Å²) in [6.45, 7) is 3.53. The van der Waals surface area contributed by atoms with E-state index in [-0.39, 0.29) is 22.8 Å². The SMILES string of the molecule is CCN(C(=O)c1cc2cc(F)ccc2[nH]1)[C@]12CCC[C@]1(NCc1ccccc1)C2. The number of carbonyl (C=O) groups is 1. The first-order valence-electron chi connectivity index (χ1n) is 10.5. The predicted octanol–water partition coefficient (Wildman–Crippen LogP) is 4.62. The number of halogens is 1. The molecule has 0 bridgehead atoms. The highest BCUT2D eigenvalue weighted by Gasteiger charge is 2.73. The number of hydrogen-bond donors (Lipinski definition) is 2. The second kappa shape index (κ2) is 6.70. The lowest BCUT2D eigenvalue weighted by Crippen LogP contribution is -2.49. The van der Waals surface area contributed by atoms with Crippen molar-refractivity contribution in [1.29, 1.82) is 0 Å². The van der Waals surface area contributed by atoms with Crippen LogP contribution in [0, 0.1) is 5.82 Å². The van der Waals surface area contributed by atoms with E-state index in [1.807, 2.05) is 17.9 Å². The van der Waals surface area contributed by atoms with E-state index in [1.165, 1.54) is 17.7 Å². The summed E-state index contributed by atoms with van der Waals surface area (Å²) in [5, 5.41) is 4.52. The van der Waals surface area contributed by atoms with E-state index < -0.39 is 0 Å². The zero-order valence-electron chi connectivity index (χ0n) is 16.7. The number of likely N-dealkylation sites (N-methyl/N-ethyl adjacent to an activating group) is 1. The van der Waals surface area contributed by atoms with Gasteiger partial charge in [0.25, 0.3) is 5.91 Å². The molecule has 4 nitrogen and oxygen atoms in total. The second-order valence-electron chi connectivity index (χ2n) is 8.45. The van der Waals surface area contributed by atoms with Gasteiger partial charge in [-0.05, 0) is 62.4 Å². The Morgan fingerprint density at radius 1 is 1.17 bits per heavy atom. The molecule has 0 saturated heterocycles.